The zero-order valence-electron chi connectivity index (χ0n) is 13.1. The first kappa shape index (κ1) is 18.1. The highest BCUT2D eigenvalue weighted by molar-refractivity contribution is 6.35. The van der Waals surface area contributed by atoms with E-state index < -0.39 is 0 Å². The SMILES string of the molecule is COc1cc(Cl)cc(CNc2cc(Cl)cc(Cl)c2)c1OC(C)C. The van der Waals surface area contributed by atoms with Gasteiger partial charge in [-0.25, -0.2) is 0 Å². The summed E-state index contributed by atoms with van der Waals surface area (Å²) in [6, 6.07) is 8.88. The number of methoxy groups -OCH3 is 1. The maximum atomic E-state index is 6.16. The Labute approximate surface area is 151 Å². The maximum absolute atomic E-state index is 6.16. The fourth-order valence-electron chi connectivity index (χ4n) is 2.13. The first-order valence-corrected chi connectivity index (χ1v) is 8.25. The lowest BCUT2D eigenvalue weighted by atomic mass is 10.1. The Hall–Kier alpha value is -1.29. The number of halogens is 3. The van der Waals surface area contributed by atoms with Crippen LogP contribution in [-0.2, 0) is 6.54 Å². The van der Waals surface area contributed by atoms with Gasteiger partial charge >= 0.3 is 0 Å². The third-order valence-electron chi connectivity index (χ3n) is 3.02. The number of benzene rings is 2. The molecular formula is C17H18Cl3NO2. The second-order valence-electron chi connectivity index (χ2n) is 5.27. The normalized spacial score (nSPS) is 10.7. The Bertz CT molecular complexity index is 670. The Kier molecular flexibility index (Phi) is 6.28. The summed E-state index contributed by atoms with van der Waals surface area (Å²) in [5, 5.41) is 5.00. The molecule has 0 radical (unpaired) electrons. The quantitative estimate of drug-likeness (QED) is 0.667. The lowest BCUT2D eigenvalue weighted by molar-refractivity contribution is 0.228. The largest absolute Gasteiger partial charge is 0.493 e. The van der Waals surface area contributed by atoms with Gasteiger partial charge in [-0.2, -0.15) is 0 Å². The molecular weight excluding hydrogens is 357 g/mol. The highest BCUT2D eigenvalue weighted by Crippen LogP contribution is 2.36. The molecule has 0 aliphatic carbocycles. The maximum Gasteiger partial charge on any atom is 0.166 e. The fourth-order valence-corrected chi connectivity index (χ4v) is 2.89. The Morgan fingerprint density at radius 3 is 2.13 bits per heavy atom. The molecule has 0 saturated carbocycles. The third-order valence-corrected chi connectivity index (χ3v) is 3.67. The van der Waals surface area contributed by atoms with Crippen molar-refractivity contribution in [1.82, 2.24) is 0 Å². The predicted octanol–water partition coefficient (Wildman–Crippen LogP) is 6.05. The van der Waals surface area contributed by atoms with E-state index in [9.17, 15) is 0 Å². The standard InChI is InChI=1S/C17H18Cl3NO2/c1-10(2)23-17-11(4-12(18)8-16(17)22-3)9-21-15-6-13(19)5-14(20)7-15/h4-8,10,21H,9H2,1-3H3. The van der Waals surface area contributed by atoms with Crippen LogP contribution < -0.4 is 14.8 Å². The van der Waals surface area contributed by atoms with E-state index in [0.29, 0.717) is 33.1 Å². The van der Waals surface area contributed by atoms with Gasteiger partial charge in [0.1, 0.15) is 0 Å². The number of nitrogens with one attached hydrogen (secondary N) is 1. The molecule has 6 heteroatoms. The van der Waals surface area contributed by atoms with Crippen LogP contribution in [-0.4, -0.2) is 13.2 Å². The smallest absolute Gasteiger partial charge is 0.166 e. The first-order valence-electron chi connectivity index (χ1n) is 7.12. The van der Waals surface area contributed by atoms with Crippen LogP contribution >= 0.6 is 34.8 Å². The zero-order chi connectivity index (χ0) is 17.0. The molecule has 0 atom stereocenters. The summed E-state index contributed by atoms with van der Waals surface area (Å²) in [7, 11) is 1.59. The number of hydrogen-bond donors (Lipinski definition) is 1. The van der Waals surface area contributed by atoms with Gasteiger partial charge in [-0.3, -0.25) is 0 Å². The van der Waals surface area contributed by atoms with Gasteiger partial charge in [0, 0.05) is 38.9 Å². The van der Waals surface area contributed by atoms with Crippen LogP contribution in [0, 0.1) is 0 Å². The molecule has 0 spiro atoms. The molecule has 0 fully saturated rings. The summed E-state index contributed by atoms with van der Waals surface area (Å²) in [5.41, 5.74) is 1.70. The molecule has 3 nitrogen and oxygen atoms in total. The van der Waals surface area contributed by atoms with Crippen LogP contribution in [0.2, 0.25) is 15.1 Å². The van der Waals surface area contributed by atoms with Gasteiger partial charge in [-0.05, 0) is 38.1 Å². The summed E-state index contributed by atoms with van der Waals surface area (Å²) in [6.07, 6.45) is 0.0180. The van der Waals surface area contributed by atoms with Crippen molar-refractivity contribution in [2.45, 2.75) is 26.5 Å². The van der Waals surface area contributed by atoms with Gasteiger partial charge in [-0.1, -0.05) is 34.8 Å². The lowest BCUT2D eigenvalue weighted by Crippen LogP contribution is -2.10. The molecule has 0 aromatic heterocycles. The van der Waals surface area contributed by atoms with Crippen molar-refractivity contribution < 1.29 is 9.47 Å². The number of rotatable bonds is 6. The van der Waals surface area contributed by atoms with Crippen molar-refractivity contribution in [1.29, 1.82) is 0 Å². The van der Waals surface area contributed by atoms with Crippen molar-refractivity contribution in [2.75, 3.05) is 12.4 Å². The average Bonchev–Trinajstić information content (AvgIpc) is 2.45. The van der Waals surface area contributed by atoms with E-state index >= 15 is 0 Å². The summed E-state index contributed by atoms with van der Waals surface area (Å²) >= 11 is 18.2. The minimum Gasteiger partial charge on any atom is -0.493 e. The van der Waals surface area contributed by atoms with E-state index in [4.69, 9.17) is 44.3 Å². The fraction of sp³-hybridized carbons (Fsp3) is 0.294. The summed E-state index contributed by atoms with van der Waals surface area (Å²) in [4.78, 5) is 0. The van der Waals surface area contributed by atoms with Gasteiger partial charge in [-0.15, -0.1) is 0 Å². The molecule has 0 aliphatic heterocycles. The van der Waals surface area contributed by atoms with E-state index in [2.05, 4.69) is 5.32 Å². The zero-order valence-corrected chi connectivity index (χ0v) is 15.4. The molecule has 0 unspecified atom stereocenters. The van der Waals surface area contributed by atoms with Crippen LogP contribution in [0.4, 0.5) is 5.69 Å². The van der Waals surface area contributed by atoms with E-state index in [1.807, 2.05) is 19.9 Å². The van der Waals surface area contributed by atoms with Crippen molar-refractivity contribution >= 4 is 40.5 Å². The van der Waals surface area contributed by atoms with Crippen LogP contribution in [0.5, 0.6) is 11.5 Å². The predicted molar refractivity (Wildman–Crippen MR) is 97.6 cm³/mol. The van der Waals surface area contributed by atoms with Crippen molar-refractivity contribution in [3.05, 3.63) is 51.0 Å². The van der Waals surface area contributed by atoms with Crippen LogP contribution in [0.3, 0.4) is 0 Å². The minimum absolute atomic E-state index is 0.0180. The summed E-state index contributed by atoms with van der Waals surface area (Å²) < 4.78 is 11.3. The molecule has 2 rings (SSSR count). The van der Waals surface area contributed by atoms with E-state index in [-0.39, 0.29) is 6.10 Å². The molecule has 0 aliphatic rings. The van der Waals surface area contributed by atoms with Gasteiger partial charge in [0.15, 0.2) is 11.5 Å². The summed E-state index contributed by atoms with van der Waals surface area (Å²) in [6.45, 7) is 4.42. The molecule has 2 aromatic rings. The molecule has 0 bridgehead atoms. The number of ether oxygens (including phenoxy) is 2. The van der Waals surface area contributed by atoms with Gasteiger partial charge in [0.05, 0.1) is 13.2 Å². The molecule has 0 saturated heterocycles. The van der Waals surface area contributed by atoms with Crippen LogP contribution in [0.15, 0.2) is 30.3 Å². The van der Waals surface area contributed by atoms with E-state index in [0.717, 1.165) is 11.3 Å². The molecule has 2 aromatic carbocycles. The molecule has 124 valence electrons. The molecule has 23 heavy (non-hydrogen) atoms. The Morgan fingerprint density at radius 2 is 1.57 bits per heavy atom. The second kappa shape index (κ2) is 8.00. The van der Waals surface area contributed by atoms with Gasteiger partial charge < -0.3 is 14.8 Å². The van der Waals surface area contributed by atoms with Gasteiger partial charge in [0.2, 0.25) is 0 Å². The third kappa shape index (κ3) is 5.10. The highest BCUT2D eigenvalue weighted by Gasteiger charge is 2.14. The highest BCUT2D eigenvalue weighted by atomic mass is 35.5. The second-order valence-corrected chi connectivity index (χ2v) is 6.58. The lowest BCUT2D eigenvalue weighted by Gasteiger charge is -2.18. The Balaban J connectivity index is 2.28. The average molecular weight is 375 g/mol. The van der Waals surface area contributed by atoms with Crippen molar-refractivity contribution in [3.63, 3.8) is 0 Å². The number of anilines is 1. The minimum atomic E-state index is 0.0180. The molecule has 0 amide bonds. The summed E-state index contributed by atoms with van der Waals surface area (Å²) in [5.74, 6) is 1.28. The van der Waals surface area contributed by atoms with E-state index in [1.54, 1.807) is 31.4 Å². The number of hydrogen-bond acceptors (Lipinski definition) is 3. The van der Waals surface area contributed by atoms with E-state index in [1.165, 1.54) is 0 Å². The molecule has 0 heterocycles. The monoisotopic (exact) mass is 373 g/mol. The topological polar surface area (TPSA) is 30.5 Å². The van der Waals surface area contributed by atoms with Crippen LogP contribution in [0.1, 0.15) is 19.4 Å². The molecule has 1 N–H and O–H groups in total. The van der Waals surface area contributed by atoms with Crippen molar-refractivity contribution in [3.8, 4) is 11.5 Å². The van der Waals surface area contributed by atoms with Crippen molar-refractivity contribution in [2.24, 2.45) is 0 Å². The Morgan fingerprint density at radius 1 is 0.957 bits per heavy atom. The first-order chi connectivity index (χ1) is 10.9. The van der Waals surface area contributed by atoms with Crippen LogP contribution in [0.25, 0.3) is 0 Å². The van der Waals surface area contributed by atoms with Gasteiger partial charge in [0.25, 0.3) is 0 Å².